The van der Waals surface area contributed by atoms with Crippen molar-refractivity contribution in [3.8, 4) is 6.07 Å². The molecule has 0 N–H and O–H groups in total. The Bertz CT molecular complexity index is 754. The summed E-state index contributed by atoms with van der Waals surface area (Å²) < 4.78 is 0. The SMILES string of the molecule is N#CC[C@H](Cc1ccccc1)N1CCN(CCc2ccccc2)CCC1=O. The molecule has 1 amide bonds. The molecule has 0 radical (unpaired) electrons. The van der Waals surface area contributed by atoms with Gasteiger partial charge in [-0.25, -0.2) is 0 Å². The monoisotopic (exact) mass is 361 g/mol. The average Bonchev–Trinajstić information content (AvgIpc) is 2.89. The summed E-state index contributed by atoms with van der Waals surface area (Å²) >= 11 is 0. The third-order valence-electron chi connectivity index (χ3n) is 5.26. The number of hydrogen-bond acceptors (Lipinski definition) is 3. The van der Waals surface area contributed by atoms with Crippen LogP contribution in [0.4, 0.5) is 0 Å². The molecular weight excluding hydrogens is 334 g/mol. The first-order valence-electron chi connectivity index (χ1n) is 9.73. The first-order valence-corrected chi connectivity index (χ1v) is 9.73. The third kappa shape index (κ3) is 5.67. The molecule has 4 heteroatoms. The van der Waals surface area contributed by atoms with E-state index < -0.39 is 0 Å². The summed E-state index contributed by atoms with van der Waals surface area (Å²) in [5.41, 5.74) is 2.51. The minimum Gasteiger partial charge on any atom is -0.337 e. The standard InChI is InChI=1S/C23H27N3O/c24-14-11-22(19-21-9-5-2-6-10-21)26-18-17-25(16-13-23(26)27)15-12-20-7-3-1-4-8-20/h1-10,22H,11-13,15-19H2/t22-/m1/s1. The van der Waals surface area contributed by atoms with Crippen LogP contribution in [0.25, 0.3) is 0 Å². The number of nitriles is 1. The molecule has 140 valence electrons. The van der Waals surface area contributed by atoms with Crippen molar-refractivity contribution in [1.82, 2.24) is 9.80 Å². The smallest absolute Gasteiger partial charge is 0.224 e. The molecule has 0 saturated carbocycles. The molecule has 2 aromatic carbocycles. The van der Waals surface area contributed by atoms with E-state index in [0.717, 1.165) is 32.5 Å². The van der Waals surface area contributed by atoms with Crippen molar-refractivity contribution in [3.05, 3.63) is 71.8 Å². The summed E-state index contributed by atoms with van der Waals surface area (Å²) in [5.74, 6) is 0.174. The zero-order chi connectivity index (χ0) is 18.9. The first-order chi connectivity index (χ1) is 13.3. The van der Waals surface area contributed by atoms with Crippen molar-refractivity contribution < 1.29 is 4.79 Å². The van der Waals surface area contributed by atoms with Gasteiger partial charge in [0.25, 0.3) is 0 Å². The summed E-state index contributed by atoms with van der Waals surface area (Å²) in [7, 11) is 0. The van der Waals surface area contributed by atoms with E-state index in [0.29, 0.717) is 19.4 Å². The Morgan fingerprint density at radius 1 is 0.926 bits per heavy atom. The zero-order valence-corrected chi connectivity index (χ0v) is 15.8. The van der Waals surface area contributed by atoms with Crippen LogP contribution >= 0.6 is 0 Å². The number of rotatable bonds is 7. The largest absolute Gasteiger partial charge is 0.337 e. The van der Waals surface area contributed by atoms with Crippen LogP contribution in [0.15, 0.2) is 60.7 Å². The van der Waals surface area contributed by atoms with E-state index in [1.165, 1.54) is 11.1 Å². The summed E-state index contributed by atoms with van der Waals surface area (Å²) in [5, 5.41) is 9.27. The van der Waals surface area contributed by atoms with Gasteiger partial charge < -0.3 is 9.80 Å². The van der Waals surface area contributed by atoms with Gasteiger partial charge in [-0.2, -0.15) is 5.26 Å². The fourth-order valence-corrected chi connectivity index (χ4v) is 3.71. The van der Waals surface area contributed by atoms with Crippen LogP contribution in [0, 0.1) is 11.3 Å². The Morgan fingerprint density at radius 3 is 2.26 bits per heavy atom. The lowest BCUT2D eigenvalue weighted by molar-refractivity contribution is -0.132. The van der Waals surface area contributed by atoms with Gasteiger partial charge in [0.15, 0.2) is 0 Å². The molecule has 1 atom stereocenters. The second kappa shape index (κ2) is 9.89. The van der Waals surface area contributed by atoms with Gasteiger partial charge in [0, 0.05) is 38.6 Å². The van der Waals surface area contributed by atoms with Crippen LogP contribution in [-0.2, 0) is 17.6 Å². The van der Waals surface area contributed by atoms with Crippen LogP contribution < -0.4 is 0 Å². The van der Waals surface area contributed by atoms with Crippen LogP contribution in [0.3, 0.4) is 0 Å². The van der Waals surface area contributed by atoms with E-state index in [2.05, 4.69) is 47.4 Å². The Labute approximate surface area is 162 Å². The Morgan fingerprint density at radius 2 is 1.59 bits per heavy atom. The van der Waals surface area contributed by atoms with E-state index in [-0.39, 0.29) is 11.9 Å². The van der Waals surface area contributed by atoms with Crippen molar-refractivity contribution in [1.29, 1.82) is 5.26 Å². The molecule has 1 fully saturated rings. The van der Waals surface area contributed by atoms with Gasteiger partial charge in [-0.1, -0.05) is 60.7 Å². The molecule has 0 aliphatic carbocycles. The number of carbonyl (C=O) groups excluding carboxylic acids is 1. The molecule has 3 rings (SSSR count). The van der Waals surface area contributed by atoms with Crippen LogP contribution in [0.2, 0.25) is 0 Å². The zero-order valence-electron chi connectivity index (χ0n) is 15.8. The molecular formula is C23H27N3O. The number of carbonyl (C=O) groups is 1. The van der Waals surface area contributed by atoms with Gasteiger partial charge in [-0.15, -0.1) is 0 Å². The van der Waals surface area contributed by atoms with Gasteiger partial charge in [-0.3, -0.25) is 4.79 Å². The molecule has 0 aromatic heterocycles. The maximum Gasteiger partial charge on any atom is 0.224 e. The van der Waals surface area contributed by atoms with Gasteiger partial charge >= 0.3 is 0 Å². The van der Waals surface area contributed by atoms with E-state index in [1.54, 1.807) is 0 Å². The number of amides is 1. The van der Waals surface area contributed by atoms with Crippen molar-refractivity contribution in [2.24, 2.45) is 0 Å². The third-order valence-corrected chi connectivity index (χ3v) is 5.26. The van der Waals surface area contributed by atoms with E-state index in [4.69, 9.17) is 0 Å². The highest BCUT2D eigenvalue weighted by atomic mass is 16.2. The lowest BCUT2D eigenvalue weighted by Crippen LogP contribution is -2.42. The minimum atomic E-state index is -0.0426. The normalized spacial score (nSPS) is 16.6. The van der Waals surface area contributed by atoms with E-state index in [9.17, 15) is 10.1 Å². The Hall–Kier alpha value is -2.64. The summed E-state index contributed by atoms with van der Waals surface area (Å²) in [6, 6.07) is 22.9. The van der Waals surface area contributed by atoms with Crippen LogP contribution in [0.1, 0.15) is 24.0 Å². The topological polar surface area (TPSA) is 47.3 Å². The second-order valence-corrected chi connectivity index (χ2v) is 7.12. The molecule has 1 saturated heterocycles. The summed E-state index contributed by atoms with van der Waals surface area (Å²) in [6.45, 7) is 3.33. The predicted molar refractivity (Wildman–Crippen MR) is 107 cm³/mol. The number of nitrogens with zero attached hydrogens (tertiary/aromatic N) is 3. The molecule has 1 aliphatic heterocycles. The maximum absolute atomic E-state index is 12.7. The van der Waals surface area contributed by atoms with Crippen molar-refractivity contribution in [2.45, 2.75) is 31.7 Å². The quantitative estimate of drug-likeness (QED) is 0.760. The number of benzene rings is 2. The van der Waals surface area contributed by atoms with Crippen LogP contribution in [-0.4, -0.2) is 47.9 Å². The van der Waals surface area contributed by atoms with Crippen molar-refractivity contribution >= 4 is 5.91 Å². The molecule has 0 unspecified atom stereocenters. The second-order valence-electron chi connectivity index (χ2n) is 7.12. The lowest BCUT2D eigenvalue weighted by Gasteiger charge is -2.30. The van der Waals surface area contributed by atoms with Crippen molar-refractivity contribution in [2.75, 3.05) is 26.2 Å². The summed E-state index contributed by atoms with van der Waals surface area (Å²) in [6.07, 6.45) is 2.65. The fraction of sp³-hybridized carbons (Fsp3) is 0.391. The molecule has 0 bridgehead atoms. The molecule has 2 aromatic rings. The highest BCUT2D eigenvalue weighted by molar-refractivity contribution is 5.77. The number of hydrogen-bond donors (Lipinski definition) is 0. The van der Waals surface area contributed by atoms with Crippen molar-refractivity contribution in [3.63, 3.8) is 0 Å². The highest BCUT2D eigenvalue weighted by Crippen LogP contribution is 2.16. The lowest BCUT2D eigenvalue weighted by atomic mass is 10.0. The van der Waals surface area contributed by atoms with E-state index in [1.807, 2.05) is 29.2 Å². The molecule has 0 spiro atoms. The molecule has 4 nitrogen and oxygen atoms in total. The van der Waals surface area contributed by atoms with Gasteiger partial charge in [0.2, 0.25) is 5.91 Å². The summed E-state index contributed by atoms with van der Waals surface area (Å²) in [4.78, 5) is 17.0. The van der Waals surface area contributed by atoms with E-state index >= 15 is 0 Å². The highest BCUT2D eigenvalue weighted by Gasteiger charge is 2.27. The molecule has 1 heterocycles. The van der Waals surface area contributed by atoms with Gasteiger partial charge in [0.05, 0.1) is 12.5 Å². The maximum atomic E-state index is 12.7. The Kier molecular flexibility index (Phi) is 7.01. The Balaban J connectivity index is 1.60. The first kappa shape index (κ1) is 19.1. The van der Waals surface area contributed by atoms with Gasteiger partial charge in [-0.05, 0) is 24.0 Å². The molecule has 27 heavy (non-hydrogen) atoms. The van der Waals surface area contributed by atoms with Gasteiger partial charge in [0.1, 0.15) is 0 Å². The minimum absolute atomic E-state index is 0.0426. The molecule has 1 aliphatic rings. The predicted octanol–water partition coefficient (Wildman–Crippen LogP) is 3.29. The fourth-order valence-electron chi connectivity index (χ4n) is 3.71. The average molecular weight is 361 g/mol. The van der Waals surface area contributed by atoms with Crippen LogP contribution in [0.5, 0.6) is 0 Å².